The zero-order valence-corrected chi connectivity index (χ0v) is 12.3. The maximum atomic E-state index is 5.43. The summed E-state index contributed by atoms with van der Waals surface area (Å²) in [5.74, 6) is 1.87. The molecule has 3 aliphatic heterocycles. The molecule has 3 heterocycles. The van der Waals surface area contributed by atoms with Crippen LogP contribution in [0.1, 0.15) is 36.4 Å². The van der Waals surface area contributed by atoms with Gasteiger partial charge in [-0.05, 0) is 61.4 Å². The lowest BCUT2D eigenvalue weighted by Crippen LogP contribution is -2.54. The Hall–Kier alpha value is -1.06. The zero-order chi connectivity index (χ0) is 13.5. The highest BCUT2D eigenvalue weighted by molar-refractivity contribution is 5.40. The molecule has 0 bridgehead atoms. The summed E-state index contributed by atoms with van der Waals surface area (Å²) in [4.78, 5) is 2.72. The zero-order valence-electron chi connectivity index (χ0n) is 12.3. The van der Waals surface area contributed by atoms with Gasteiger partial charge in [-0.15, -0.1) is 0 Å². The number of nitrogens with one attached hydrogen (secondary N) is 1. The number of methoxy groups -OCH3 is 1. The minimum atomic E-state index is 0.598. The maximum absolute atomic E-state index is 5.43. The molecule has 3 atom stereocenters. The summed E-state index contributed by atoms with van der Waals surface area (Å²) in [6.45, 7) is 3.71. The number of nitrogens with zero attached hydrogens (tertiary/aromatic N) is 1. The van der Waals surface area contributed by atoms with E-state index >= 15 is 0 Å². The molecule has 2 saturated heterocycles. The average Bonchev–Trinajstić information content (AvgIpc) is 2.52. The molecule has 1 aromatic rings. The van der Waals surface area contributed by atoms with Crippen molar-refractivity contribution in [3.8, 4) is 5.75 Å². The van der Waals surface area contributed by atoms with E-state index in [-0.39, 0.29) is 0 Å². The highest BCUT2D eigenvalue weighted by Gasteiger charge is 2.39. The summed E-state index contributed by atoms with van der Waals surface area (Å²) in [6, 6.07) is 7.98. The number of hydrogen-bond acceptors (Lipinski definition) is 3. The highest BCUT2D eigenvalue weighted by atomic mass is 16.5. The van der Waals surface area contributed by atoms with Crippen LogP contribution in [0.5, 0.6) is 5.75 Å². The first-order chi connectivity index (χ1) is 9.85. The molecule has 4 rings (SSSR count). The fourth-order valence-electron chi connectivity index (χ4n) is 4.40. The smallest absolute Gasteiger partial charge is 0.119 e. The molecule has 0 amide bonds. The van der Waals surface area contributed by atoms with Gasteiger partial charge in [0.05, 0.1) is 7.11 Å². The van der Waals surface area contributed by atoms with Crippen LogP contribution in [-0.4, -0.2) is 37.7 Å². The van der Waals surface area contributed by atoms with Gasteiger partial charge in [0, 0.05) is 25.2 Å². The Morgan fingerprint density at radius 2 is 2.30 bits per heavy atom. The van der Waals surface area contributed by atoms with Gasteiger partial charge in [-0.3, -0.25) is 4.90 Å². The first-order valence-corrected chi connectivity index (χ1v) is 7.99. The van der Waals surface area contributed by atoms with Gasteiger partial charge in [0.1, 0.15) is 5.75 Å². The Morgan fingerprint density at radius 1 is 1.35 bits per heavy atom. The molecule has 2 fully saturated rings. The predicted octanol–water partition coefficient (Wildman–Crippen LogP) is 2.37. The van der Waals surface area contributed by atoms with E-state index in [1.807, 2.05) is 0 Å². The van der Waals surface area contributed by atoms with Crippen LogP contribution >= 0.6 is 0 Å². The third-order valence-electron chi connectivity index (χ3n) is 5.49. The summed E-state index contributed by atoms with van der Waals surface area (Å²) in [7, 11) is 1.77. The molecule has 0 unspecified atom stereocenters. The lowest BCUT2D eigenvalue weighted by molar-refractivity contribution is 0.0551. The van der Waals surface area contributed by atoms with Crippen molar-refractivity contribution in [2.75, 3.05) is 26.7 Å². The van der Waals surface area contributed by atoms with Crippen molar-refractivity contribution in [2.24, 2.45) is 5.92 Å². The van der Waals surface area contributed by atoms with Gasteiger partial charge in [0.25, 0.3) is 0 Å². The molecule has 1 aromatic carbocycles. The fraction of sp³-hybridized carbons (Fsp3) is 0.647. The van der Waals surface area contributed by atoms with Gasteiger partial charge in [0.2, 0.25) is 0 Å². The Balaban J connectivity index is 1.65. The van der Waals surface area contributed by atoms with Crippen LogP contribution in [-0.2, 0) is 6.42 Å². The Labute approximate surface area is 121 Å². The predicted molar refractivity (Wildman–Crippen MR) is 80.1 cm³/mol. The number of benzene rings is 1. The number of rotatable bonds is 1. The van der Waals surface area contributed by atoms with E-state index in [2.05, 4.69) is 28.4 Å². The van der Waals surface area contributed by atoms with Crippen LogP contribution < -0.4 is 10.1 Å². The molecule has 1 N–H and O–H groups in total. The number of piperidine rings is 2. The van der Waals surface area contributed by atoms with Crippen LogP contribution in [0.3, 0.4) is 0 Å². The maximum Gasteiger partial charge on any atom is 0.119 e. The summed E-state index contributed by atoms with van der Waals surface area (Å²) in [6.07, 6.45) is 5.22. The third kappa shape index (κ3) is 2.04. The lowest BCUT2D eigenvalue weighted by Gasteiger charge is -2.49. The molecule has 20 heavy (non-hydrogen) atoms. The number of ether oxygens (including phenoxy) is 1. The second-order valence-electron chi connectivity index (χ2n) is 6.52. The molecule has 0 saturated carbocycles. The van der Waals surface area contributed by atoms with E-state index in [1.54, 1.807) is 7.11 Å². The second kappa shape index (κ2) is 5.05. The van der Waals surface area contributed by atoms with Gasteiger partial charge >= 0.3 is 0 Å². The van der Waals surface area contributed by atoms with Crippen molar-refractivity contribution in [1.82, 2.24) is 10.2 Å². The van der Waals surface area contributed by atoms with E-state index in [0.717, 1.165) is 17.7 Å². The molecule has 108 valence electrons. The average molecular weight is 272 g/mol. The monoisotopic (exact) mass is 272 g/mol. The molecular formula is C17H24N2O. The third-order valence-corrected chi connectivity index (χ3v) is 5.49. The summed E-state index contributed by atoms with van der Waals surface area (Å²) >= 11 is 0. The van der Waals surface area contributed by atoms with Crippen molar-refractivity contribution in [3.05, 3.63) is 29.3 Å². The van der Waals surface area contributed by atoms with Gasteiger partial charge in [-0.1, -0.05) is 6.07 Å². The standard InChI is InChI=1S/C17H24N2O/c1-20-14-5-4-12-6-8-19-11-13-3-2-7-18-16(13)10-17(19)15(12)9-14/h4-5,9,13,16-18H,2-3,6-8,10-11H2,1H3/t13-,16+,17+/m0/s1. The molecule has 0 spiro atoms. The number of fused-ring (bicyclic) bond motifs is 4. The van der Waals surface area contributed by atoms with E-state index in [9.17, 15) is 0 Å². The number of hydrogen-bond donors (Lipinski definition) is 1. The van der Waals surface area contributed by atoms with Crippen molar-refractivity contribution in [3.63, 3.8) is 0 Å². The molecule has 3 heteroatoms. The van der Waals surface area contributed by atoms with Crippen molar-refractivity contribution in [1.29, 1.82) is 0 Å². The van der Waals surface area contributed by atoms with Crippen molar-refractivity contribution in [2.45, 2.75) is 37.8 Å². The van der Waals surface area contributed by atoms with Crippen molar-refractivity contribution < 1.29 is 4.74 Å². The normalized spacial score (nSPS) is 33.0. The topological polar surface area (TPSA) is 24.5 Å². The van der Waals surface area contributed by atoms with Gasteiger partial charge in [-0.25, -0.2) is 0 Å². The first kappa shape index (κ1) is 12.7. The molecule has 3 aliphatic rings. The van der Waals surface area contributed by atoms with E-state index in [0.29, 0.717) is 6.04 Å². The van der Waals surface area contributed by atoms with Gasteiger partial charge in [-0.2, -0.15) is 0 Å². The summed E-state index contributed by atoms with van der Waals surface area (Å²) in [5.41, 5.74) is 3.04. The quantitative estimate of drug-likeness (QED) is 0.849. The Kier molecular flexibility index (Phi) is 3.20. The summed E-state index contributed by atoms with van der Waals surface area (Å²) < 4.78 is 5.43. The molecule has 0 aromatic heterocycles. The van der Waals surface area contributed by atoms with Crippen LogP contribution in [0.25, 0.3) is 0 Å². The van der Waals surface area contributed by atoms with Crippen LogP contribution in [0.2, 0.25) is 0 Å². The first-order valence-electron chi connectivity index (χ1n) is 7.99. The molecule has 0 radical (unpaired) electrons. The Morgan fingerprint density at radius 3 is 3.20 bits per heavy atom. The van der Waals surface area contributed by atoms with E-state index < -0.39 is 0 Å². The minimum Gasteiger partial charge on any atom is -0.497 e. The Bertz CT molecular complexity index is 502. The van der Waals surface area contributed by atoms with E-state index in [4.69, 9.17) is 4.74 Å². The molecular weight excluding hydrogens is 248 g/mol. The lowest BCUT2D eigenvalue weighted by atomic mass is 9.77. The SMILES string of the molecule is COc1ccc2c(c1)[C@H]1C[C@H]3NCCC[C@H]3CN1CC2. The largest absolute Gasteiger partial charge is 0.497 e. The van der Waals surface area contributed by atoms with Crippen LogP contribution in [0.15, 0.2) is 18.2 Å². The fourth-order valence-corrected chi connectivity index (χ4v) is 4.40. The van der Waals surface area contributed by atoms with Gasteiger partial charge in [0.15, 0.2) is 0 Å². The van der Waals surface area contributed by atoms with Crippen molar-refractivity contribution >= 4 is 0 Å². The minimum absolute atomic E-state index is 0.598. The highest BCUT2D eigenvalue weighted by Crippen LogP contribution is 2.41. The van der Waals surface area contributed by atoms with E-state index in [1.165, 1.54) is 56.4 Å². The van der Waals surface area contributed by atoms with Crippen LogP contribution in [0.4, 0.5) is 0 Å². The summed E-state index contributed by atoms with van der Waals surface area (Å²) in [5, 5.41) is 3.76. The molecule has 3 nitrogen and oxygen atoms in total. The van der Waals surface area contributed by atoms with Crippen LogP contribution in [0, 0.1) is 5.92 Å². The second-order valence-corrected chi connectivity index (χ2v) is 6.52. The van der Waals surface area contributed by atoms with Gasteiger partial charge < -0.3 is 10.1 Å². The molecule has 0 aliphatic carbocycles.